The lowest BCUT2D eigenvalue weighted by Crippen LogP contribution is -2.28. The summed E-state index contributed by atoms with van der Waals surface area (Å²) >= 11 is 0. The lowest BCUT2D eigenvalue weighted by atomic mass is 9.67. The molecule has 0 spiro atoms. The lowest BCUT2D eigenvalue weighted by Gasteiger charge is -2.34. The summed E-state index contributed by atoms with van der Waals surface area (Å²) in [6.07, 6.45) is 0.933. The summed E-state index contributed by atoms with van der Waals surface area (Å²) in [5, 5.41) is 0. The van der Waals surface area contributed by atoms with E-state index in [2.05, 4.69) is 133 Å². The molecule has 0 heterocycles. The van der Waals surface area contributed by atoms with Gasteiger partial charge in [-0.3, -0.25) is 0 Å². The van der Waals surface area contributed by atoms with Crippen molar-refractivity contribution in [2.75, 3.05) is 0 Å². The average molecular weight is 409 g/mol. The topological polar surface area (TPSA) is 0 Å². The van der Waals surface area contributed by atoms with E-state index in [0.29, 0.717) is 0 Å². The third kappa shape index (κ3) is 2.84. The van der Waals surface area contributed by atoms with Crippen LogP contribution in [-0.2, 0) is 11.8 Å². The van der Waals surface area contributed by atoms with Crippen LogP contribution in [0.15, 0.2) is 133 Å². The van der Waals surface area contributed by atoms with Gasteiger partial charge in [0.1, 0.15) is 0 Å². The van der Waals surface area contributed by atoms with Gasteiger partial charge < -0.3 is 0 Å². The predicted octanol–water partition coefficient (Wildman–Crippen LogP) is 7.64. The molecule has 5 aromatic rings. The molecule has 0 saturated carbocycles. The van der Waals surface area contributed by atoms with E-state index in [-0.39, 0.29) is 5.41 Å². The molecule has 0 heteroatoms. The summed E-state index contributed by atoms with van der Waals surface area (Å²) in [4.78, 5) is 0. The number of hydrogen-bond acceptors (Lipinski definition) is 0. The molecule has 1 aliphatic carbocycles. The molecule has 0 saturated heterocycles. The number of benzene rings is 5. The zero-order valence-corrected chi connectivity index (χ0v) is 17.9. The van der Waals surface area contributed by atoms with Crippen molar-refractivity contribution in [3.63, 3.8) is 0 Å². The molecule has 0 N–H and O–H groups in total. The Labute approximate surface area is 189 Å². The molecule has 0 aliphatic heterocycles. The van der Waals surface area contributed by atoms with Gasteiger partial charge in [0.2, 0.25) is 0 Å². The Hall–Kier alpha value is -3.90. The predicted molar refractivity (Wildman–Crippen MR) is 133 cm³/mol. The van der Waals surface area contributed by atoms with E-state index in [0.717, 1.165) is 6.42 Å². The van der Waals surface area contributed by atoms with Crippen LogP contribution in [0.1, 0.15) is 33.4 Å². The summed E-state index contributed by atoms with van der Waals surface area (Å²) in [7, 11) is 0. The molecule has 5 aromatic carbocycles. The first-order chi connectivity index (χ1) is 15.9. The fourth-order valence-corrected chi connectivity index (χ4v) is 5.46. The van der Waals surface area contributed by atoms with E-state index in [1.54, 1.807) is 0 Å². The number of hydrogen-bond donors (Lipinski definition) is 0. The van der Waals surface area contributed by atoms with Crippen molar-refractivity contribution >= 4 is 0 Å². The lowest BCUT2D eigenvalue weighted by molar-refractivity contribution is 0.766. The third-order valence-corrected chi connectivity index (χ3v) is 6.77. The molecule has 32 heavy (non-hydrogen) atoms. The smallest absolute Gasteiger partial charge is 0.0622 e. The van der Waals surface area contributed by atoms with Gasteiger partial charge in [-0.15, -0.1) is 0 Å². The monoisotopic (exact) mass is 408 g/mol. The minimum atomic E-state index is -0.318. The van der Waals surface area contributed by atoms with Crippen molar-refractivity contribution in [2.45, 2.75) is 11.8 Å². The molecule has 0 bridgehead atoms. The molecule has 0 radical (unpaired) electrons. The first kappa shape index (κ1) is 18.8. The normalized spacial score (nSPS) is 13.4. The zero-order chi connectivity index (χ0) is 21.4. The Morgan fingerprint density at radius 3 is 1.56 bits per heavy atom. The van der Waals surface area contributed by atoms with Gasteiger partial charge in [0, 0.05) is 0 Å². The van der Waals surface area contributed by atoms with E-state index in [4.69, 9.17) is 0 Å². The Kier molecular flexibility index (Phi) is 4.51. The van der Waals surface area contributed by atoms with Crippen molar-refractivity contribution < 1.29 is 0 Å². The van der Waals surface area contributed by atoms with Crippen molar-refractivity contribution in [1.29, 1.82) is 0 Å². The first-order valence-electron chi connectivity index (χ1n) is 11.3. The first-order valence-corrected chi connectivity index (χ1v) is 11.3. The summed E-state index contributed by atoms with van der Waals surface area (Å²) < 4.78 is 0. The van der Waals surface area contributed by atoms with E-state index in [1.165, 1.54) is 44.5 Å². The van der Waals surface area contributed by atoms with Crippen molar-refractivity contribution in [2.24, 2.45) is 0 Å². The summed E-state index contributed by atoms with van der Waals surface area (Å²) in [6, 6.07) is 48.8. The average Bonchev–Trinajstić information content (AvgIpc) is 3.17. The van der Waals surface area contributed by atoms with Crippen LogP contribution in [0.4, 0.5) is 0 Å². The van der Waals surface area contributed by atoms with Crippen LogP contribution < -0.4 is 0 Å². The minimum absolute atomic E-state index is 0.318. The fourth-order valence-electron chi connectivity index (χ4n) is 5.46. The minimum Gasteiger partial charge on any atom is -0.0622 e. The SMILES string of the molecule is c1ccc(Cc2cccc(C3(c4ccccc4)c4ccccc4-c4ccccc43)c2)cc1. The maximum Gasteiger partial charge on any atom is 0.0713 e. The molecule has 0 nitrogen and oxygen atoms in total. The van der Waals surface area contributed by atoms with E-state index < -0.39 is 0 Å². The second-order valence-electron chi connectivity index (χ2n) is 8.57. The van der Waals surface area contributed by atoms with Gasteiger partial charge in [-0.25, -0.2) is 0 Å². The van der Waals surface area contributed by atoms with Crippen LogP contribution in [0.2, 0.25) is 0 Å². The standard InChI is InChI=1S/C32H24/c1-3-12-24(13-4-1)22-25-14-11-17-27(23-25)32(26-15-5-2-6-16-26)30-20-9-7-18-28(30)29-19-8-10-21-31(29)32/h1-21,23H,22H2. The van der Waals surface area contributed by atoms with Gasteiger partial charge in [0.15, 0.2) is 0 Å². The second kappa shape index (κ2) is 7.66. The molecule has 152 valence electrons. The Bertz CT molecular complexity index is 1330. The highest BCUT2D eigenvalue weighted by atomic mass is 14.5. The maximum atomic E-state index is 2.42. The van der Waals surface area contributed by atoms with E-state index in [9.17, 15) is 0 Å². The molecule has 0 atom stereocenters. The Balaban J connectivity index is 1.63. The highest BCUT2D eigenvalue weighted by Gasteiger charge is 2.45. The molecule has 6 rings (SSSR count). The summed E-state index contributed by atoms with van der Waals surface area (Å²) in [5.74, 6) is 0. The molecule has 0 amide bonds. The molecule has 1 aliphatic rings. The second-order valence-corrected chi connectivity index (χ2v) is 8.57. The molecular weight excluding hydrogens is 384 g/mol. The van der Waals surface area contributed by atoms with Crippen LogP contribution in [0.3, 0.4) is 0 Å². The van der Waals surface area contributed by atoms with Crippen LogP contribution in [0, 0.1) is 0 Å². The highest BCUT2D eigenvalue weighted by Crippen LogP contribution is 2.55. The molecular formula is C32H24. The van der Waals surface area contributed by atoms with Crippen molar-refractivity contribution in [1.82, 2.24) is 0 Å². The van der Waals surface area contributed by atoms with Gasteiger partial charge in [-0.05, 0) is 50.9 Å². The highest BCUT2D eigenvalue weighted by molar-refractivity contribution is 5.86. The van der Waals surface area contributed by atoms with Gasteiger partial charge >= 0.3 is 0 Å². The van der Waals surface area contributed by atoms with Gasteiger partial charge in [-0.2, -0.15) is 0 Å². The van der Waals surface area contributed by atoms with Crippen LogP contribution in [0.5, 0.6) is 0 Å². The Morgan fingerprint density at radius 2 is 0.906 bits per heavy atom. The van der Waals surface area contributed by atoms with Crippen LogP contribution >= 0.6 is 0 Å². The quantitative estimate of drug-likeness (QED) is 0.281. The maximum absolute atomic E-state index is 2.42. The van der Waals surface area contributed by atoms with Crippen LogP contribution in [-0.4, -0.2) is 0 Å². The van der Waals surface area contributed by atoms with E-state index >= 15 is 0 Å². The molecule has 0 unspecified atom stereocenters. The van der Waals surface area contributed by atoms with Crippen LogP contribution in [0.25, 0.3) is 11.1 Å². The van der Waals surface area contributed by atoms with Gasteiger partial charge in [-0.1, -0.05) is 133 Å². The number of fused-ring (bicyclic) bond motifs is 3. The van der Waals surface area contributed by atoms with Crippen molar-refractivity contribution in [3.8, 4) is 11.1 Å². The number of rotatable bonds is 4. The van der Waals surface area contributed by atoms with Gasteiger partial charge in [0.05, 0.1) is 5.41 Å². The largest absolute Gasteiger partial charge is 0.0713 e. The summed E-state index contributed by atoms with van der Waals surface area (Å²) in [5.41, 5.74) is 10.4. The Morgan fingerprint density at radius 1 is 0.406 bits per heavy atom. The molecule has 0 aromatic heterocycles. The summed E-state index contributed by atoms with van der Waals surface area (Å²) in [6.45, 7) is 0. The van der Waals surface area contributed by atoms with E-state index in [1.807, 2.05) is 0 Å². The third-order valence-electron chi connectivity index (χ3n) is 6.77. The zero-order valence-electron chi connectivity index (χ0n) is 17.9. The van der Waals surface area contributed by atoms with Gasteiger partial charge in [0.25, 0.3) is 0 Å². The fraction of sp³-hybridized carbons (Fsp3) is 0.0625. The van der Waals surface area contributed by atoms with Crippen molar-refractivity contribution in [3.05, 3.63) is 167 Å². The molecule has 0 fully saturated rings.